The van der Waals surface area contributed by atoms with Gasteiger partial charge < -0.3 is 29.2 Å². The van der Waals surface area contributed by atoms with Crippen molar-refractivity contribution in [3.8, 4) is 17.2 Å². The molecule has 0 bridgehead atoms. The molecule has 4 rings (SSSR count). The lowest BCUT2D eigenvalue weighted by molar-refractivity contribution is -0.937. The van der Waals surface area contributed by atoms with Crippen molar-refractivity contribution in [1.29, 1.82) is 0 Å². The Balaban J connectivity index is 1.51. The van der Waals surface area contributed by atoms with Crippen LogP contribution in [0.1, 0.15) is 22.0 Å². The lowest BCUT2D eigenvalue weighted by atomic mass is 10.0. The number of carbonyl (C=O) groups is 1. The number of benzene rings is 2. The molecule has 2 aliphatic heterocycles. The van der Waals surface area contributed by atoms with E-state index in [1.807, 2.05) is 24.3 Å². The molecule has 2 N–H and O–H groups in total. The Kier molecular flexibility index (Phi) is 5.64. The molecule has 2 aromatic carbocycles. The molecule has 0 unspecified atom stereocenters. The third kappa shape index (κ3) is 4.05. The third-order valence-corrected chi connectivity index (χ3v) is 5.23. The third-order valence-electron chi connectivity index (χ3n) is 5.23. The van der Waals surface area contributed by atoms with Crippen molar-refractivity contribution in [2.75, 3.05) is 46.8 Å². The fourth-order valence-corrected chi connectivity index (χ4v) is 3.67. The van der Waals surface area contributed by atoms with E-state index < -0.39 is 0 Å². The van der Waals surface area contributed by atoms with Crippen LogP contribution in [0.3, 0.4) is 0 Å². The number of hydrogen-bond acceptors (Lipinski definition) is 5. The number of carbonyl (C=O) groups excluding carboxylic acids is 1. The molecule has 2 aromatic rings. The van der Waals surface area contributed by atoms with E-state index in [9.17, 15) is 4.79 Å². The maximum absolute atomic E-state index is 12.7. The molecule has 0 spiro atoms. The van der Waals surface area contributed by atoms with E-state index in [0.29, 0.717) is 17.9 Å². The minimum atomic E-state index is -0.114. The van der Waals surface area contributed by atoms with Gasteiger partial charge in [0.1, 0.15) is 24.9 Å². The second-order valence-corrected chi connectivity index (χ2v) is 6.88. The van der Waals surface area contributed by atoms with Crippen molar-refractivity contribution in [3.05, 3.63) is 53.6 Å². The van der Waals surface area contributed by atoms with Gasteiger partial charge in [0.25, 0.3) is 5.91 Å². The van der Waals surface area contributed by atoms with Crippen LogP contribution in [-0.4, -0.2) is 52.7 Å². The number of morpholine rings is 1. The highest BCUT2D eigenvalue weighted by Crippen LogP contribution is 2.33. The molecular formula is C21H25N2O5+. The fraction of sp³-hybridized carbons (Fsp3) is 0.381. The van der Waals surface area contributed by atoms with Gasteiger partial charge in [0, 0.05) is 11.1 Å². The summed E-state index contributed by atoms with van der Waals surface area (Å²) < 4.78 is 21.7. The van der Waals surface area contributed by atoms with Crippen LogP contribution in [0, 0.1) is 0 Å². The highest BCUT2D eigenvalue weighted by atomic mass is 16.7. The highest BCUT2D eigenvalue weighted by Gasteiger charge is 2.28. The van der Waals surface area contributed by atoms with Gasteiger partial charge in [-0.2, -0.15) is 0 Å². The number of amides is 1. The summed E-state index contributed by atoms with van der Waals surface area (Å²) in [7, 11) is 1.59. The molecule has 28 heavy (non-hydrogen) atoms. The average molecular weight is 385 g/mol. The van der Waals surface area contributed by atoms with E-state index in [2.05, 4.69) is 11.4 Å². The Morgan fingerprint density at radius 1 is 1.14 bits per heavy atom. The van der Waals surface area contributed by atoms with Gasteiger partial charge in [0.15, 0.2) is 11.5 Å². The first-order valence-corrected chi connectivity index (χ1v) is 9.49. The molecule has 1 fully saturated rings. The van der Waals surface area contributed by atoms with E-state index in [1.54, 1.807) is 19.2 Å². The second kappa shape index (κ2) is 8.50. The van der Waals surface area contributed by atoms with E-state index in [4.69, 9.17) is 18.9 Å². The number of quaternary nitrogens is 1. The molecule has 1 saturated heterocycles. The van der Waals surface area contributed by atoms with Crippen LogP contribution in [0.25, 0.3) is 0 Å². The molecule has 7 nitrogen and oxygen atoms in total. The largest absolute Gasteiger partial charge is 0.497 e. The number of ether oxygens (including phenoxy) is 4. The lowest BCUT2D eigenvalue weighted by Gasteiger charge is -2.32. The Labute approximate surface area is 164 Å². The average Bonchev–Trinajstić information content (AvgIpc) is 3.22. The predicted molar refractivity (Wildman–Crippen MR) is 102 cm³/mol. The number of nitrogens with one attached hydrogen (secondary N) is 2. The zero-order valence-electron chi connectivity index (χ0n) is 15.9. The quantitative estimate of drug-likeness (QED) is 0.770. The van der Waals surface area contributed by atoms with E-state index in [1.165, 1.54) is 4.90 Å². The molecular weight excluding hydrogens is 360 g/mol. The van der Waals surface area contributed by atoms with Gasteiger partial charge >= 0.3 is 0 Å². The maximum atomic E-state index is 12.7. The fourth-order valence-electron chi connectivity index (χ4n) is 3.67. The van der Waals surface area contributed by atoms with Crippen LogP contribution in [0.15, 0.2) is 42.5 Å². The van der Waals surface area contributed by atoms with Gasteiger partial charge in [-0.25, -0.2) is 0 Å². The zero-order valence-corrected chi connectivity index (χ0v) is 15.9. The first-order chi connectivity index (χ1) is 13.7. The van der Waals surface area contributed by atoms with E-state index >= 15 is 0 Å². The van der Waals surface area contributed by atoms with Crippen molar-refractivity contribution in [3.63, 3.8) is 0 Å². The van der Waals surface area contributed by atoms with E-state index in [0.717, 1.165) is 43.4 Å². The smallest absolute Gasteiger partial charge is 0.251 e. The lowest BCUT2D eigenvalue weighted by Crippen LogP contribution is -3.15. The van der Waals surface area contributed by atoms with Gasteiger partial charge in [-0.15, -0.1) is 0 Å². The predicted octanol–water partition coefficient (Wildman–Crippen LogP) is 0.810. The standard InChI is InChI=1S/C21H24N2O5/c1-25-17-4-2-3-16(11-17)21(24)22-13-18(23-7-9-26-10-8-23)15-5-6-19-20(12-15)28-14-27-19/h2-6,11-12,18H,7-10,13-14H2,1H3,(H,22,24)/p+1/t18-/m1/s1. The maximum Gasteiger partial charge on any atom is 0.251 e. The molecule has 148 valence electrons. The molecule has 7 heteroatoms. The Morgan fingerprint density at radius 2 is 1.96 bits per heavy atom. The van der Waals surface area contributed by atoms with Crippen LogP contribution in [0.4, 0.5) is 0 Å². The van der Waals surface area contributed by atoms with Crippen molar-refractivity contribution in [2.45, 2.75) is 6.04 Å². The summed E-state index contributed by atoms with van der Waals surface area (Å²) in [5.41, 5.74) is 1.70. The molecule has 2 aliphatic rings. The summed E-state index contributed by atoms with van der Waals surface area (Å²) in [6, 6.07) is 13.3. The first-order valence-electron chi connectivity index (χ1n) is 9.49. The summed E-state index contributed by atoms with van der Waals surface area (Å²) in [5.74, 6) is 2.07. The molecule has 2 heterocycles. The number of rotatable bonds is 6. The monoisotopic (exact) mass is 385 g/mol. The SMILES string of the molecule is COc1cccc(C(=O)NC[C@H](c2ccc3c(c2)OCO3)[NH+]2CCOCC2)c1. The summed E-state index contributed by atoms with van der Waals surface area (Å²) in [6.07, 6.45) is 0. The Morgan fingerprint density at radius 3 is 2.79 bits per heavy atom. The topological polar surface area (TPSA) is 70.5 Å². The van der Waals surface area contributed by atoms with Crippen LogP contribution in [0.2, 0.25) is 0 Å². The second-order valence-electron chi connectivity index (χ2n) is 6.88. The first kappa shape index (κ1) is 18.6. The molecule has 0 saturated carbocycles. The van der Waals surface area contributed by atoms with Gasteiger partial charge in [0.05, 0.1) is 26.9 Å². The Hall–Kier alpha value is -2.77. The number of fused-ring (bicyclic) bond motifs is 1. The highest BCUT2D eigenvalue weighted by molar-refractivity contribution is 5.94. The number of hydrogen-bond donors (Lipinski definition) is 2. The molecule has 0 aliphatic carbocycles. The van der Waals surface area contributed by atoms with Crippen LogP contribution in [0.5, 0.6) is 17.2 Å². The van der Waals surface area contributed by atoms with Crippen molar-refractivity contribution in [2.24, 2.45) is 0 Å². The van der Waals surface area contributed by atoms with Crippen molar-refractivity contribution in [1.82, 2.24) is 5.32 Å². The van der Waals surface area contributed by atoms with Crippen molar-refractivity contribution < 1.29 is 28.6 Å². The van der Waals surface area contributed by atoms with Crippen LogP contribution < -0.4 is 24.4 Å². The normalized spacial score (nSPS) is 17.2. The zero-order chi connectivity index (χ0) is 19.3. The minimum absolute atomic E-state index is 0.105. The number of methoxy groups -OCH3 is 1. The van der Waals surface area contributed by atoms with Crippen LogP contribution >= 0.6 is 0 Å². The summed E-state index contributed by atoms with van der Waals surface area (Å²) >= 11 is 0. The summed E-state index contributed by atoms with van der Waals surface area (Å²) in [6.45, 7) is 4.01. The van der Waals surface area contributed by atoms with Crippen LogP contribution in [-0.2, 0) is 4.74 Å². The van der Waals surface area contributed by atoms with Gasteiger partial charge in [-0.05, 0) is 36.4 Å². The summed E-state index contributed by atoms with van der Waals surface area (Å²) in [5, 5.41) is 3.09. The van der Waals surface area contributed by atoms with E-state index in [-0.39, 0.29) is 18.7 Å². The molecule has 1 atom stereocenters. The summed E-state index contributed by atoms with van der Waals surface area (Å²) in [4.78, 5) is 14.1. The molecule has 0 aromatic heterocycles. The minimum Gasteiger partial charge on any atom is -0.497 e. The van der Waals surface area contributed by atoms with Gasteiger partial charge in [-0.1, -0.05) is 6.07 Å². The molecule has 1 amide bonds. The molecule has 0 radical (unpaired) electrons. The van der Waals surface area contributed by atoms with Gasteiger partial charge in [-0.3, -0.25) is 4.79 Å². The Bertz CT molecular complexity index is 835. The van der Waals surface area contributed by atoms with Gasteiger partial charge in [0.2, 0.25) is 6.79 Å². The van der Waals surface area contributed by atoms with Crippen molar-refractivity contribution >= 4 is 5.91 Å².